The molecule has 0 aliphatic carbocycles. The average Bonchev–Trinajstić information content (AvgIpc) is 3.88. The predicted octanol–water partition coefficient (Wildman–Crippen LogP) is 3.07. The molecule has 73 heavy (non-hydrogen) atoms. The summed E-state index contributed by atoms with van der Waals surface area (Å²) in [7, 11) is 7.00. The fraction of sp³-hybridized carbons (Fsp3) is 0.560. The van der Waals surface area contributed by atoms with Crippen LogP contribution in [0.25, 0.3) is 10.8 Å². The largest absolute Gasteiger partial charge is 0.480 e. The molecule has 4 heterocycles. The van der Waals surface area contributed by atoms with Gasteiger partial charge in [-0.05, 0) is 90.2 Å². The number of carboxylic acid groups (broad SMARTS) is 3. The maximum atomic E-state index is 12.0. The molecule has 2 fully saturated rings. The van der Waals surface area contributed by atoms with Crippen LogP contribution in [0.15, 0.2) is 49.1 Å². The second kappa shape index (κ2) is 36.9. The number of hydrogen-bond donors (Lipinski definition) is 5. The number of fused-ring (bicyclic) bond motifs is 2. The third-order valence-corrected chi connectivity index (χ3v) is 11.9. The molecule has 3 aliphatic rings. The van der Waals surface area contributed by atoms with Crippen molar-refractivity contribution in [3.63, 3.8) is 0 Å². The number of nitrogens with zero attached hydrogens (tertiary/aromatic N) is 10. The summed E-state index contributed by atoms with van der Waals surface area (Å²) in [6, 6.07) is 14.4. The number of nitriles is 1. The molecule has 2 aromatic carbocycles. The molecular formula is C50H77ClLuN12O9. The summed E-state index contributed by atoms with van der Waals surface area (Å²) in [5.74, 6) is -1.49. The summed E-state index contributed by atoms with van der Waals surface area (Å²) in [5, 5.41) is 40.7. The van der Waals surface area contributed by atoms with Gasteiger partial charge in [-0.25, -0.2) is 0 Å². The Labute approximate surface area is 465 Å². The number of rotatable bonds is 20. The van der Waals surface area contributed by atoms with Gasteiger partial charge in [-0.3, -0.25) is 38.7 Å². The Kier molecular flexibility index (Phi) is 33.4. The first-order valence-electron chi connectivity index (χ1n) is 24.1. The molecule has 0 unspecified atom stereocenters. The molecule has 0 atom stereocenters. The van der Waals surface area contributed by atoms with E-state index in [0.29, 0.717) is 58.4 Å². The first kappa shape index (κ1) is 66.1. The number of halogens is 1. The van der Waals surface area contributed by atoms with E-state index >= 15 is 0 Å². The number of likely N-dealkylation sites (N-methyl/N-ethyl adjacent to an activating group) is 4. The van der Waals surface area contributed by atoms with E-state index in [2.05, 4.69) is 56.2 Å². The number of carbonyl (C=O) groups is 5. The second-order valence-corrected chi connectivity index (χ2v) is 17.6. The normalized spacial score (nSPS) is 13.8. The van der Waals surface area contributed by atoms with Crippen molar-refractivity contribution < 1.29 is 80.9 Å². The van der Waals surface area contributed by atoms with Crippen molar-refractivity contribution in [2.24, 2.45) is 0 Å². The number of ether oxygens (including phenoxy) is 1. The van der Waals surface area contributed by atoms with Crippen molar-refractivity contribution in [1.29, 1.82) is 5.26 Å². The first-order chi connectivity index (χ1) is 34.4. The summed E-state index contributed by atoms with van der Waals surface area (Å²) >= 11 is 6.59. The zero-order chi connectivity index (χ0) is 53.6. The van der Waals surface area contributed by atoms with Gasteiger partial charge in [-0.1, -0.05) is 56.3 Å². The molecule has 2 amide bonds. The Morgan fingerprint density at radius 2 is 1.44 bits per heavy atom. The van der Waals surface area contributed by atoms with Crippen molar-refractivity contribution in [1.82, 2.24) is 45.1 Å². The molecule has 5 N–H and O–H groups in total. The van der Waals surface area contributed by atoms with Gasteiger partial charge in [0.2, 0.25) is 11.8 Å². The van der Waals surface area contributed by atoms with Crippen LogP contribution in [0.2, 0.25) is 5.02 Å². The van der Waals surface area contributed by atoms with Crippen LogP contribution < -0.4 is 25.2 Å². The Balaban J connectivity index is 0.000000568. The summed E-state index contributed by atoms with van der Waals surface area (Å²) in [6.45, 7) is 20.3. The zero-order valence-corrected chi connectivity index (χ0v) is 45.9. The Bertz CT molecular complexity index is 2220. The van der Waals surface area contributed by atoms with E-state index in [4.69, 9.17) is 46.9 Å². The fourth-order valence-corrected chi connectivity index (χ4v) is 8.00. The quantitative estimate of drug-likeness (QED) is 0.102. The molecular weight excluding hydrogens is 1120 g/mol. The van der Waals surface area contributed by atoms with Crippen LogP contribution in [0, 0.1) is 48.2 Å². The SMILES string of the molecule is C=CC(=O)N1CCN(c2nc(OC)nc3c2CCN(c2cccc4cccc(Cl)c24)C3)CC1.CC#N.CCN(C)CC(=O)O.CCNCC(=O)O.CN(CCN(C)CC(=O)NCCN1CCCC1)CC(=O)O.[Lu]. The minimum Gasteiger partial charge on any atom is -0.480 e. The van der Waals surface area contributed by atoms with Gasteiger partial charge >= 0.3 is 23.9 Å². The Morgan fingerprint density at radius 3 is 1.96 bits per heavy atom. The minimum absolute atomic E-state index is 0. The zero-order valence-electron chi connectivity index (χ0n) is 43.5. The summed E-state index contributed by atoms with van der Waals surface area (Å²) in [4.78, 5) is 77.4. The molecule has 23 heteroatoms. The Hall–Kier alpha value is -4.92. The van der Waals surface area contributed by atoms with Crippen LogP contribution in [-0.4, -0.2) is 219 Å². The Morgan fingerprint density at radius 1 is 0.849 bits per heavy atom. The van der Waals surface area contributed by atoms with Gasteiger partial charge in [0.15, 0.2) is 0 Å². The number of hydrogen-bond acceptors (Lipinski definition) is 16. The third-order valence-electron chi connectivity index (χ3n) is 11.5. The van der Waals surface area contributed by atoms with E-state index in [1.54, 1.807) is 37.1 Å². The van der Waals surface area contributed by atoms with Crippen molar-refractivity contribution in [2.75, 3.05) is 149 Å². The molecule has 2 saturated heterocycles. The molecule has 1 aromatic heterocycles. The second-order valence-electron chi connectivity index (χ2n) is 17.2. The van der Waals surface area contributed by atoms with Gasteiger partial charge in [0.05, 0.1) is 56.6 Å². The number of aromatic nitrogens is 2. The molecule has 6 rings (SSSR count). The number of aliphatic carboxylic acids is 3. The van der Waals surface area contributed by atoms with Crippen LogP contribution >= 0.6 is 11.6 Å². The molecule has 21 nitrogen and oxygen atoms in total. The molecule has 0 saturated carbocycles. The molecule has 413 valence electrons. The number of carboxylic acids is 3. The van der Waals surface area contributed by atoms with Gasteiger partial charge in [0.25, 0.3) is 0 Å². The van der Waals surface area contributed by atoms with Crippen LogP contribution in [0.3, 0.4) is 0 Å². The molecule has 0 spiro atoms. The molecule has 0 bridgehead atoms. The van der Waals surface area contributed by atoms with E-state index < -0.39 is 17.9 Å². The van der Waals surface area contributed by atoms with E-state index in [1.165, 1.54) is 25.8 Å². The van der Waals surface area contributed by atoms with Gasteiger partial charge < -0.3 is 50.3 Å². The number of anilines is 2. The monoisotopic (exact) mass is 1200 g/mol. The standard InChI is InChI=1S/C25H26ClN5O2.C14H28N4O3.C5H11NO2.C4H9NO2.C2H3N.Lu/c1-3-22(32)29-12-14-30(15-13-29)24-18-10-11-31(16-20(18)27-25(28-24)33-2)21-9-5-7-17-6-4-8-19(26)23(17)21;1-16(9-10-17(2)12-14(20)21)11-13(19)15-5-8-18-6-3-4-7-18;1-3-6(2)4-5(7)8;1-2-5-3-4(6)7;1-2-3;/h3-9H,1,10-16H2,2H3;3-12H2,1-2H3,(H,15,19)(H,20,21);3-4H2,1-2H3,(H,7,8);5H,2-3H2,1H3,(H,6,7);1H3;. The summed E-state index contributed by atoms with van der Waals surface area (Å²) in [6.07, 6.45) is 4.72. The summed E-state index contributed by atoms with van der Waals surface area (Å²) in [5.41, 5.74) is 3.23. The number of carbonyl (C=O) groups excluding carboxylic acids is 2. The predicted molar refractivity (Wildman–Crippen MR) is 281 cm³/mol. The van der Waals surface area contributed by atoms with Gasteiger partial charge in [0.1, 0.15) is 5.82 Å². The van der Waals surface area contributed by atoms with E-state index in [1.807, 2.05) is 42.8 Å². The first-order valence-corrected chi connectivity index (χ1v) is 24.5. The van der Waals surface area contributed by atoms with Crippen molar-refractivity contribution in [3.05, 3.63) is 65.3 Å². The van der Waals surface area contributed by atoms with Gasteiger partial charge in [0, 0.05) is 119 Å². The van der Waals surface area contributed by atoms with E-state index in [0.717, 1.165) is 90.8 Å². The van der Waals surface area contributed by atoms with Crippen LogP contribution in [-0.2, 0) is 36.9 Å². The maximum absolute atomic E-state index is 12.0. The molecule has 3 aromatic rings. The van der Waals surface area contributed by atoms with Crippen LogP contribution in [0.1, 0.15) is 44.9 Å². The van der Waals surface area contributed by atoms with Gasteiger partial charge in [-0.2, -0.15) is 15.2 Å². The van der Waals surface area contributed by atoms with Crippen LogP contribution in [0.5, 0.6) is 6.01 Å². The van der Waals surface area contributed by atoms with Crippen LogP contribution in [0.4, 0.5) is 11.5 Å². The van der Waals surface area contributed by atoms with Crippen molar-refractivity contribution >= 4 is 63.6 Å². The maximum Gasteiger partial charge on any atom is 0.318 e. The smallest absolute Gasteiger partial charge is 0.318 e. The van der Waals surface area contributed by atoms with Crippen molar-refractivity contribution in [3.8, 4) is 12.1 Å². The topological polar surface area (TPSA) is 252 Å². The van der Waals surface area contributed by atoms with Crippen molar-refractivity contribution in [2.45, 2.75) is 46.6 Å². The fourth-order valence-electron chi connectivity index (χ4n) is 7.72. The van der Waals surface area contributed by atoms with E-state index in [9.17, 15) is 24.0 Å². The number of piperazine rings is 1. The van der Waals surface area contributed by atoms with E-state index in [-0.39, 0.29) is 68.3 Å². The number of likely N-dealkylation sites (tertiary alicyclic amines) is 1. The molecule has 1 radical (unpaired) electrons. The molecule has 3 aliphatic heterocycles. The van der Waals surface area contributed by atoms with Gasteiger partial charge in [-0.15, -0.1) is 0 Å². The minimum atomic E-state index is -0.834. The third kappa shape index (κ3) is 25.3. The number of methoxy groups -OCH3 is 1. The summed E-state index contributed by atoms with van der Waals surface area (Å²) < 4.78 is 5.45. The average molecular weight is 1200 g/mol. The number of benzene rings is 2. The number of amides is 2. The number of nitrogens with one attached hydrogen (secondary N) is 2.